The number of aryl methyl sites for hydroxylation is 1. The molecule has 0 aromatic heterocycles. The molecule has 2 aromatic rings. The summed E-state index contributed by atoms with van der Waals surface area (Å²) in [5.41, 5.74) is 2.78. The number of nitrogens with one attached hydrogen (secondary N) is 2. The van der Waals surface area contributed by atoms with Crippen molar-refractivity contribution in [1.82, 2.24) is 10.2 Å². The Kier molecular flexibility index (Phi) is 8.56. The fraction of sp³-hybridized carbons (Fsp3) is 0.348. The van der Waals surface area contributed by atoms with Gasteiger partial charge in [0.2, 0.25) is 5.91 Å². The van der Waals surface area contributed by atoms with E-state index in [-0.39, 0.29) is 16.9 Å². The van der Waals surface area contributed by atoms with Crippen molar-refractivity contribution in [3.8, 4) is 5.75 Å². The molecule has 7 nitrogen and oxygen atoms in total. The fourth-order valence-corrected chi connectivity index (χ4v) is 4.75. The lowest BCUT2D eigenvalue weighted by atomic mass is 10.1. The average Bonchev–Trinajstić information content (AvgIpc) is 2.78. The number of amides is 2. The summed E-state index contributed by atoms with van der Waals surface area (Å²) in [5.74, 6) is 0.261. The van der Waals surface area contributed by atoms with Crippen molar-refractivity contribution in [2.24, 2.45) is 0 Å². The minimum Gasteiger partial charge on any atom is -0.496 e. The number of hydrogen-bond acceptors (Lipinski definition) is 5. The molecule has 1 aliphatic rings. The highest BCUT2D eigenvalue weighted by Crippen LogP contribution is 2.31. The molecule has 0 aliphatic carbocycles. The summed E-state index contributed by atoms with van der Waals surface area (Å²) in [6, 6.07) is 9.04. The van der Waals surface area contributed by atoms with Crippen LogP contribution in [0.1, 0.15) is 29.3 Å². The van der Waals surface area contributed by atoms with E-state index >= 15 is 0 Å². The monoisotopic (exact) mass is 552 g/mol. The number of benzene rings is 2. The first-order valence-corrected chi connectivity index (χ1v) is 12.1. The average molecular weight is 554 g/mol. The van der Waals surface area contributed by atoms with Crippen LogP contribution >= 0.6 is 39.7 Å². The summed E-state index contributed by atoms with van der Waals surface area (Å²) in [5, 5.41) is 6.50. The van der Waals surface area contributed by atoms with E-state index in [1.165, 1.54) is 7.11 Å². The molecule has 33 heavy (non-hydrogen) atoms. The van der Waals surface area contributed by atoms with Gasteiger partial charge in [-0.2, -0.15) is 0 Å². The Hall–Kier alpha value is -2.36. The zero-order valence-electron chi connectivity index (χ0n) is 18.7. The molecule has 0 bridgehead atoms. The fourth-order valence-electron chi connectivity index (χ4n) is 3.80. The molecule has 1 heterocycles. The SMILES string of the molecule is CCC(=O)N1CCN(c2ccc(Cl)cc2NC(=S)NC(=O)c2cc(Br)cc(C)c2OC)CC1. The number of halogens is 2. The normalized spacial score (nSPS) is 13.5. The minimum absolute atomic E-state index is 0.142. The summed E-state index contributed by atoms with van der Waals surface area (Å²) < 4.78 is 6.17. The van der Waals surface area contributed by atoms with E-state index in [0.717, 1.165) is 15.7 Å². The summed E-state index contributed by atoms with van der Waals surface area (Å²) in [6.45, 7) is 6.42. The van der Waals surface area contributed by atoms with Gasteiger partial charge in [-0.05, 0) is 55.0 Å². The van der Waals surface area contributed by atoms with Gasteiger partial charge in [0.05, 0.1) is 24.0 Å². The minimum atomic E-state index is -0.385. The number of thiocarbonyl (C=S) groups is 1. The standard InChI is InChI=1S/C23H26BrClN4O3S/c1-4-20(30)29-9-7-28(8-10-29)19-6-5-16(25)13-18(19)26-23(33)27-22(31)17-12-15(24)11-14(2)21(17)32-3/h5-6,11-13H,4,7-10H2,1-3H3,(H2,26,27,31,33). The molecular formula is C23H26BrClN4O3S. The van der Waals surface area contributed by atoms with E-state index in [4.69, 9.17) is 28.6 Å². The number of anilines is 2. The van der Waals surface area contributed by atoms with Crippen LogP contribution in [0.5, 0.6) is 5.75 Å². The highest BCUT2D eigenvalue weighted by Gasteiger charge is 2.23. The van der Waals surface area contributed by atoms with Crippen molar-refractivity contribution >= 4 is 68.1 Å². The van der Waals surface area contributed by atoms with Gasteiger partial charge < -0.3 is 19.9 Å². The van der Waals surface area contributed by atoms with Gasteiger partial charge >= 0.3 is 0 Å². The maximum absolute atomic E-state index is 12.9. The molecular weight excluding hydrogens is 528 g/mol. The summed E-state index contributed by atoms with van der Waals surface area (Å²) in [4.78, 5) is 28.9. The number of methoxy groups -OCH3 is 1. The third-order valence-corrected chi connectivity index (χ3v) is 6.29. The van der Waals surface area contributed by atoms with Crippen molar-refractivity contribution in [3.63, 3.8) is 0 Å². The van der Waals surface area contributed by atoms with Crippen LogP contribution in [0.15, 0.2) is 34.8 Å². The maximum Gasteiger partial charge on any atom is 0.261 e. The molecule has 2 aromatic carbocycles. The Labute approximate surface area is 212 Å². The lowest BCUT2D eigenvalue weighted by Crippen LogP contribution is -2.48. The van der Waals surface area contributed by atoms with Crippen molar-refractivity contribution in [3.05, 3.63) is 51.0 Å². The van der Waals surface area contributed by atoms with Crippen LogP contribution in [-0.4, -0.2) is 55.1 Å². The zero-order chi connectivity index (χ0) is 24.1. The van der Waals surface area contributed by atoms with Gasteiger partial charge in [-0.1, -0.05) is 34.5 Å². The number of piperazine rings is 1. The molecule has 10 heteroatoms. The molecule has 0 spiro atoms. The van der Waals surface area contributed by atoms with Crippen LogP contribution < -0.4 is 20.3 Å². The predicted molar refractivity (Wildman–Crippen MR) is 140 cm³/mol. The molecule has 0 unspecified atom stereocenters. The summed E-state index contributed by atoms with van der Waals surface area (Å²) in [6.07, 6.45) is 0.504. The van der Waals surface area contributed by atoms with Gasteiger partial charge in [0.15, 0.2) is 5.11 Å². The topological polar surface area (TPSA) is 73.9 Å². The molecule has 0 radical (unpaired) electrons. The van der Waals surface area contributed by atoms with Crippen LogP contribution in [0.2, 0.25) is 5.02 Å². The number of rotatable bonds is 5. The van der Waals surface area contributed by atoms with Crippen molar-refractivity contribution in [2.45, 2.75) is 20.3 Å². The third kappa shape index (κ3) is 6.16. The highest BCUT2D eigenvalue weighted by atomic mass is 79.9. The second-order valence-corrected chi connectivity index (χ2v) is 9.35. The molecule has 176 valence electrons. The van der Waals surface area contributed by atoms with Gasteiger partial charge in [-0.25, -0.2) is 0 Å². The second kappa shape index (κ2) is 11.2. The van der Waals surface area contributed by atoms with E-state index in [1.54, 1.807) is 12.1 Å². The van der Waals surface area contributed by atoms with Gasteiger partial charge in [-0.15, -0.1) is 0 Å². The Balaban J connectivity index is 1.74. The number of ether oxygens (including phenoxy) is 1. The summed E-state index contributed by atoms with van der Waals surface area (Å²) >= 11 is 15.1. The van der Waals surface area contributed by atoms with E-state index in [0.29, 0.717) is 54.6 Å². The third-order valence-electron chi connectivity index (χ3n) is 5.40. The molecule has 1 saturated heterocycles. The largest absolute Gasteiger partial charge is 0.496 e. The van der Waals surface area contributed by atoms with Crippen molar-refractivity contribution < 1.29 is 14.3 Å². The zero-order valence-corrected chi connectivity index (χ0v) is 21.9. The predicted octanol–water partition coefficient (Wildman–Crippen LogP) is 4.60. The number of nitrogens with zero attached hydrogens (tertiary/aromatic N) is 2. The van der Waals surface area contributed by atoms with Crippen molar-refractivity contribution in [1.29, 1.82) is 0 Å². The molecule has 2 N–H and O–H groups in total. The van der Waals surface area contributed by atoms with E-state index < -0.39 is 0 Å². The van der Waals surface area contributed by atoms with Crippen molar-refractivity contribution in [2.75, 3.05) is 43.5 Å². The lowest BCUT2D eigenvalue weighted by Gasteiger charge is -2.37. The quantitative estimate of drug-likeness (QED) is 0.527. The first-order chi connectivity index (χ1) is 15.7. The molecule has 0 atom stereocenters. The maximum atomic E-state index is 12.9. The van der Waals surface area contributed by atoms with Crippen LogP contribution in [0.4, 0.5) is 11.4 Å². The molecule has 2 amide bonds. The van der Waals surface area contributed by atoms with Crippen LogP contribution in [-0.2, 0) is 4.79 Å². The highest BCUT2D eigenvalue weighted by molar-refractivity contribution is 9.10. The van der Waals surface area contributed by atoms with Gasteiger partial charge in [0, 0.05) is 42.1 Å². The summed E-state index contributed by atoms with van der Waals surface area (Å²) in [7, 11) is 1.52. The lowest BCUT2D eigenvalue weighted by molar-refractivity contribution is -0.131. The Morgan fingerprint density at radius 3 is 2.52 bits per heavy atom. The smallest absolute Gasteiger partial charge is 0.261 e. The Morgan fingerprint density at radius 2 is 1.88 bits per heavy atom. The Bertz CT molecular complexity index is 1070. The first-order valence-electron chi connectivity index (χ1n) is 10.5. The van der Waals surface area contributed by atoms with E-state index in [9.17, 15) is 9.59 Å². The van der Waals surface area contributed by atoms with Crippen LogP contribution in [0, 0.1) is 6.92 Å². The van der Waals surface area contributed by atoms with Gasteiger partial charge in [0.25, 0.3) is 5.91 Å². The van der Waals surface area contributed by atoms with E-state index in [2.05, 4.69) is 31.5 Å². The molecule has 1 fully saturated rings. The first kappa shape index (κ1) is 25.3. The Morgan fingerprint density at radius 1 is 1.18 bits per heavy atom. The second-order valence-electron chi connectivity index (χ2n) is 7.59. The molecule has 1 aliphatic heterocycles. The number of hydrogen-bond donors (Lipinski definition) is 2. The van der Waals surface area contributed by atoms with E-state index in [1.807, 2.05) is 36.9 Å². The molecule has 0 saturated carbocycles. The number of carbonyl (C=O) groups is 2. The number of carbonyl (C=O) groups excluding carboxylic acids is 2. The van der Waals surface area contributed by atoms with Crippen LogP contribution in [0.3, 0.4) is 0 Å². The van der Waals surface area contributed by atoms with Crippen LogP contribution in [0.25, 0.3) is 0 Å². The van der Waals surface area contributed by atoms with Gasteiger partial charge in [-0.3, -0.25) is 14.9 Å². The molecule has 3 rings (SSSR count). The van der Waals surface area contributed by atoms with Gasteiger partial charge in [0.1, 0.15) is 5.75 Å².